The van der Waals surface area contributed by atoms with Gasteiger partial charge in [-0.05, 0) is 46.3 Å². The highest BCUT2D eigenvalue weighted by atomic mass is 32.1. The quantitative estimate of drug-likeness (QED) is 0.772. The van der Waals surface area contributed by atoms with Crippen molar-refractivity contribution in [2.45, 2.75) is 58.5 Å². The Morgan fingerprint density at radius 1 is 1.12 bits per heavy atom. The van der Waals surface area contributed by atoms with Gasteiger partial charge >= 0.3 is 18.6 Å². The average Bonchev–Trinajstić information content (AvgIpc) is 3.10. The molecule has 0 radical (unpaired) electrons. The van der Waals surface area contributed by atoms with Crippen LogP contribution in [-0.2, 0) is 18.9 Å². The van der Waals surface area contributed by atoms with E-state index in [0.717, 1.165) is 22.5 Å². The third kappa shape index (κ3) is 2.05. The van der Waals surface area contributed by atoms with E-state index in [-0.39, 0.29) is 16.3 Å². The van der Waals surface area contributed by atoms with Crippen molar-refractivity contribution in [3.63, 3.8) is 0 Å². The number of unbranched alkanes of at least 4 members (excludes halogenated alkanes) is 1. The van der Waals surface area contributed by atoms with Gasteiger partial charge in [-0.1, -0.05) is 25.5 Å². The topological polar surface area (TPSA) is 52.6 Å². The molecule has 2 saturated heterocycles. The molecule has 0 atom stereocenters. The van der Waals surface area contributed by atoms with Crippen LogP contribution in [0.3, 0.4) is 0 Å². The number of nitrogens with zero attached hydrogens (tertiary/aromatic N) is 1. The third-order valence-corrected chi connectivity index (χ3v) is 7.46. The molecule has 5 nitrogen and oxygen atoms in total. The summed E-state index contributed by atoms with van der Waals surface area (Å²) in [6.45, 7) is 7.20. The highest BCUT2D eigenvalue weighted by Crippen LogP contribution is 2.52. The number of quaternary nitrogens is 1. The van der Waals surface area contributed by atoms with Crippen molar-refractivity contribution in [2.24, 2.45) is 0 Å². The van der Waals surface area contributed by atoms with Crippen LogP contribution >= 0.6 is 11.3 Å². The van der Waals surface area contributed by atoms with Crippen LogP contribution in [0.2, 0.25) is 0 Å². The summed E-state index contributed by atoms with van der Waals surface area (Å²) in [7, 11) is 1.90. The van der Waals surface area contributed by atoms with Crippen molar-refractivity contribution in [1.82, 2.24) is 0 Å². The van der Waals surface area contributed by atoms with Crippen LogP contribution in [0.5, 0.6) is 0 Å². The summed E-state index contributed by atoms with van der Waals surface area (Å²) in [6.07, 6.45) is 6.30. The second-order valence-corrected chi connectivity index (χ2v) is 9.25. The van der Waals surface area contributed by atoms with Crippen LogP contribution in [0, 0.1) is 0 Å². The van der Waals surface area contributed by atoms with Crippen LogP contribution in [0.15, 0.2) is 18.2 Å². The maximum Gasteiger partial charge on any atom is 0.625 e. The fourth-order valence-corrected chi connectivity index (χ4v) is 5.30. The lowest BCUT2D eigenvalue weighted by molar-refractivity contribution is -0.885. The third-order valence-electron chi connectivity index (χ3n) is 6.28. The molecule has 0 bridgehead atoms. The fourth-order valence-electron chi connectivity index (χ4n) is 4.13. The van der Waals surface area contributed by atoms with Gasteiger partial charge in [-0.2, -0.15) is 11.3 Å². The summed E-state index contributed by atoms with van der Waals surface area (Å²) in [4.78, 5) is 26.4. The Labute approximate surface area is 153 Å². The maximum absolute atomic E-state index is 12.7. The summed E-state index contributed by atoms with van der Waals surface area (Å²) < 4.78 is 12.6. The molecule has 136 valence electrons. The zero-order valence-corrected chi connectivity index (χ0v) is 16.6. The second kappa shape index (κ2) is 5.45. The summed E-state index contributed by atoms with van der Waals surface area (Å²) in [5, 5.41) is 0. The first-order valence-electron chi connectivity index (χ1n) is 8.79. The number of rotatable bonds is 4. The van der Waals surface area contributed by atoms with Gasteiger partial charge in [-0.25, -0.2) is 9.59 Å². The number of likely N-dealkylation sites (N-methyl/N-ethyl adjacent to an activating group) is 1. The molecule has 2 fully saturated rings. The van der Waals surface area contributed by atoms with Gasteiger partial charge in [-0.3, -0.25) is 0 Å². The Bertz CT molecular complexity index is 735. The Hall–Kier alpha value is -1.60. The van der Waals surface area contributed by atoms with Gasteiger partial charge < -0.3 is 13.7 Å². The van der Waals surface area contributed by atoms with Crippen molar-refractivity contribution in [3.8, 4) is 0 Å². The predicted octanol–water partition coefficient (Wildman–Crippen LogP) is 2.82. The van der Waals surface area contributed by atoms with Crippen molar-refractivity contribution in [3.05, 3.63) is 23.1 Å². The number of thiophene rings is 1. The number of carbonyl (C=O) groups excluding carboxylic acids is 2. The lowest BCUT2D eigenvalue weighted by Crippen LogP contribution is -2.77. The van der Waals surface area contributed by atoms with Gasteiger partial charge in [0.25, 0.3) is 0 Å². The first kappa shape index (κ1) is 18.2. The van der Waals surface area contributed by atoms with Crippen LogP contribution in [-0.4, -0.2) is 41.1 Å². The molecule has 0 unspecified atom stereocenters. The van der Waals surface area contributed by atoms with E-state index in [4.69, 9.17) is 9.31 Å². The van der Waals surface area contributed by atoms with E-state index < -0.39 is 17.8 Å². The molecule has 0 aliphatic carbocycles. The molecule has 0 aromatic carbocycles. The van der Waals surface area contributed by atoms with Gasteiger partial charge in [-0.15, -0.1) is 0 Å². The van der Waals surface area contributed by atoms with Crippen LogP contribution in [0.1, 0.15) is 52.3 Å². The summed E-state index contributed by atoms with van der Waals surface area (Å²) in [6, 6.07) is 3.92. The van der Waals surface area contributed by atoms with E-state index in [1.54, 1.807) is 0 Å². The first-order chi connectivity index (χ1) is 11.5. The maximum atomic E-state index is 12.7. The summed E-state index contributed by atoms with van der Waals surface area (Å²) >= 11 is 1.52. The minimum atomic E-state index is -2.26. The standard InChI is InChI=1S/C18H26BNO4S/c1-7-8-9-10-13-11-12-14(25-13)19-20(6,17(2,3)15(21)23-19)18(4,5)16(22)24-19/h9-12H,7-8H2,1-6H3/b10-9+. The van der Waals surface area contributed by atoms with E-state index in [0.29, 0.717) is 0 Å². The molecule has 0 amide bonds. The van der Waals surface area contributed by atoms with Gasteiger partial charge in [0.1, 0.15) is 0 Å². The van der Waals surface area contributed by atoms with E-state index in [9.17, 15) is 9.59 Å². The predicted molar refractivity (Wildman–Crippen MR) is 100 cm³/mol. The molecule has 3 rings (SSSR count). The molecule has 7 heteroatoms. The van der Waals surface area contributed by atoms with Gasteiger partial charge in [0.15, 0.2) is 11.1 Å². The number of hydrogen-bond donors (Lipinski definition) is 0. The smallest absolute Gasteiger partial charge is 0.595 e. The van der Waals surface area contributed by atoms with Gasteiger partial charge in [0.2, 0.25) is 0 Å². The van der Waals surface area contributed by atoms with Crippen LogP contribution < -0.4 is 4.78 Å². The lowest BCUT2D eigenvalue weighted by atomic mass is 9.62. The Kier molecular flexibility index (Phi) is 3.97. The SMILES string of the molecule is CCC/C=C/c1ccc([B-]23OC(=O)C(C)(C)[N+]2(C)C(C)(C)C(=O)O3)s1. The number of fused-ring (bicyclic) bond motifs is 1. The Balaban J connectivity index is 2.13. The first-order valence-corrected chi connectivity index (χ1v) is 9.60. The molecule has 25 heavy (non-hydrogen) atoms. The molecule has 1 aromatic heterocycles. The normalized spacial score (nSPS) is 32.7. The molecule has 1 aromatic rings. The van der Waals surface area contributed by atoms with E-state index >= 15 is 0 Å². The molecular formula is C18H26BNO4S. The molecule has 0 saturated carbocycles. The number of allylic oxidation sites excluding steroid dienone is 1. The number of hydrogen-bond acceptors (Lipinski definition) is 5. The van der Waals surface area contributed by atoms with E-state index in [1.165, 1.54) is 11.3 Å². The largest absolute Gasteiger partial charge is 0.625 e. The summed E-state index contributed by atoms with van der Waals surface area (Å²) in [5.74, 6) is -0.654. The molecular weight excluding hydrogens is 337 g/mol. The summed E-state index contributed by atoms with van der Waals surface area (Å²) in [5.41, 5.74) is -1.75. The van der Waals surface area contributed by atoms with Crippen LogP contribution in [0.25, 0.3) is 6.08 Å². The second-order valence-electron chi connectivity index (χ2n) is 8.11. The molecule has 3 heterocycles. The minimum absolute atomic E-state index is 0.107. The molecule has 0 N–H and O–H groups in total. The van der Waals surface area contributed by atoms with E-state index in [2.05, 4.69) is 19.1 Å². The van der Waals surface area contributed by atoms with Crippen molar-refractivity contribution in [2.75, 3.05) is 7.05 Å². The fraction of sp³-hybridized carbons (Fsp3) is 0.556. The Morgan fingerprint density at radius 2 is 1.68 bits per heavy atom. The lowest BCUT2D eigenvalue weighted by Gasteiger charge is -2.54. The highest BCUT2D eigenvalue weighted by Gasteiger charge is 2.80. The molecule has 2 aliphatic heterocycles. The van der Waals surface area contributed by atoms with Gasteiger partial charge in [0, 0.05) is 16.7 Å². The zero-order chi connectivity index (χ0) is 18.7. The van der Waals surface area contributed by atoms with Gasteiger partial charge in [0.05, 0.1) is 0 Å². The van der Waals surface area contributed by atoms with Crippen molar-refractivity contribution in [1.29, 1.82) is 0 Å². The zero-order valence-electron chi connectivity index (χ0n) is 15.8. The van der Waals surface area contributed by atoms with E-state index in [1.807, 2.05) is 46.9 Å². The monoisotopic (exact) mass is 363 g/mol. The molecule has 2 aliphatic rings. The Morgan fingerprint density at radius 3 is 2.20 bits per heavy atom. The minimum Gasteiger partial charge on any atom is -0.595 e. The highest BCUT2D eigenvalue weighted by molar-refractivity contribution is 7.25. The van der Waals surface area contributed by atoms with Crippen LogP contribution in [0.4, 0.5) is 0 Å². The van der Waals surface area contributed by atoms with Crippen molar-refractivity contribution < 1.29 is 23.3 Å². The average molecular weight is 363 g/mol. The van der Waals surface area contributed by atoms with Crippen molar-refractivity contribution >= 4 is 40.8 Å². The molecule has 0 spiro atoms. The number of carbonyl (C=O) groups is 2.